The number of Topliss-reactive ketones (excluding diaryl/α,β-unsaturated/α-hetero) is 1. The van der Waals surface area contributed by atoms with Gasteiger partial charge in [0.2, 0.25) is 0 Å². The van der Waals surface area contributed by atoms with Gasteiger partial charge in [-0.2, -0.15) is 0 Å². The molecule has 0 spiro atoms. The van der Waals surface area contributed by atoms with Crippen molar-refractivity contribution < 1.29 is 14.5 Å². The van der Waals surface area contributed by atoms with Crippen LogP contribution in [-0.2, 0) is 0 Å². The van der Waals surface area contributed by atoms with Gasteiger partial charge in [0.05, 0.1) is 10.5 Å². The number of nitro groups is 1. The second-order valence-electron chi connectivity index (χ2n) is 6.19. The summed E-state index contributed by atoms with van der Waals surface area (Å²) in [4.78, 5) is 23.7. The first-order valence-corrected chi connectivity index (χ1v) is 8.45. The van der Waals surface area contributed by atoms with Crippen molar-refractivity contribution in [2.45, 2.75) is 6.10 Å². The predicted octanol–water partition coefficient (Wildman–Crippen LogP) is 4.99. The molecule has 0 saturated carbocycles. The van der Waals surface area contributed by atoms with Crippen molar-refractivity contribution in [3.63, 3.8) is 0 Å². The summed E-state index contributed by atoms with van der Waals surface area (Å²) in [7, 11) is 0. The highest BCUT2D eigenvalue weighted by Crippen LogP contribution is 2.39. The van der Waals surface area contributed by atoms with Crippen LogP contribution < -0.4 is 4.74 Å². The molecule has 0 radical (unpaired) electrons. The van der Waals surface area contributed by atoms with Crippen molar-refractivity contribution in [2.75, 3.05) is 0 Å². The van der Waals surface area contributed by atoms with Gasteiger partial charge in [-0.1, -0.05) is 54.6 Å². The summed E-state index contributed by atoms with van der Waals surface area (Å²) in [5.41, 5.74) is 2.33. The quantitative estimate of drug-likeness (QED) is 0.376. The van der Waals surface area contributed by atoms with Gasteiger partial charge in [0.1, 0.15) is 5.75 Å². The van der Waals surface area contributed by atoms with E-state index in [1.807, 2.05) is 36.4 Å². The number of rotatable bonds is 3. The summed E-state index contributed by atoms with van der Waals surface area (Å²) in [6.07, 6.45) is 1.09. The van der Waals surface area contributed by atoms with E-state index in [4.69, 9.17) is 4.74 Å². The Morgan fingerprint density at radius 1 is 0.926 bits per heavy atom. The second kappa shape index (κ2) is 6.88. The Morgan fingerprint density at radius 2 is 1.67 bits per heavy atom. The molecular weight excluding hydrogens is 342 g/mol. The lowest BCUT2D eigenvalue weighted by Crippen LogP contribution is -2.23. The molecule has 0 bridgehead atoms. The number of ketones is 1. The van der Waals surface area contributed by atoms with E-state index >= 15 is 0 Å². The number of nitro benzene ring substituents is 1. The average molecular weight is 357 g/mol. The number of non-ortho nitro benzene ring substituents is 1. The molecule has 3 aromatic carbocycles. The fourth-order valence-electron chi connectivity index (χ4n) is 3.15. The van der Waals surface area contributed by atoms with Crippen LogP contribution in [0.2, 0.25) is 0 Å². The minimum Gasteiger partial charge on any atom is -0.480 e. The van der Waals surface area contributed by atoms with Gasteiger partial charge in [0, 0.05) is 17.7 Å². The van der Waals surface area contributed by atoms with Crippen molar-refractivity contribution in [3.8, 4) is 5.75 Å². The molecule has 1 aliphatic rings. The largest absolute Gasteiger partial charge is 0.480 e. The third-order valence-corrected chi connectivity index (χ3v) is 4.43. The second-order valence-corrected chi connectivity index (χ2v) is 6.19. The van der Waals surface area contributed by atoms with Gasteiger partial charge in [-0.25, -0.2) is 0 Å². The van der Waals surface area contributed by atoms with E-state index in [0.29, 0.717) is 22.4 Å². The maximum absolute atomic E-state index is 13.1. The van der Waals surface area contributed by atoms with E-state index in [1.165, 1.54) is 12.1 Å². The Bertz CT molecular complexity index is 1060. The lowest BCUT2D eigenvalue weighted by molar-refractivity contribution is -0.384. The van der Waals surface area contributed by atoms with Crippen LogP contribution in [0.25, 0.3) is 6.08 Å². The highest BCUT2D eigenvalue weighted by molar-refractivity contribution is 6.14. The lowest BCUT2D eigenvalue weighted by atomic mass is 9.89. The molecule has 132 valence electrons. The third-order valence-electron chi connectivity index (χ3n) is 4.43. The van der Waals surface area contributed by atoms with Crippen LogP contribution >= 0.6 is 0 Å². The molecule has 5 heteroatoms. The monoisotopic (exact) mass is 357 g/mol. The van der Waals surface area contributed by atoms with E-state index in [9.17, 15) is 14.9 Å². The number of nitrogens with zero attached hydrogens (tertiary/aromatic N) is 1. The topological polar surface area (TPSA) is 69.4 Å². The third kappa shape index (κ3) is 3.22. The minimum absolute atomic E-state index is 0.0230. The van der Waals surface area contributed by atoms with Crippen LogP contribution in [0, 0.1) is 10.1 Å². The van der Waals surface area contributed by atoms with Crippen LogP contribution in [0.4, 0.5) is 5.69 Å². The molecule has 0 saturated heterocycles. The maximum Gasteiger partial charge on any atom is 0.270 e. The molecule has 0 N–H and O–H groups in total. The number of hydrogen-bond donors (Lipinski definition) is 0. The van der Waals surface area contributed by atoms with Gasteiger partial charge >= 0.3 is 0 Å². The van der Waals surface area contributed by atoms with Gasteiger partial charge in [-0.3, -0.25) is 14.9 Å². The van der Waals surface area contributed by atoms with Crippen LogP contribution in [0.3, 0.4) is 0 Å². The molecule has 0 aromatic heterocycles. The van der Waals surface area contributed by atoms with E-state index in [1.54, 1.807) is 36.4 Å². The van der Waals surface area contributed by atoms with Crippen molar-refractivity contribution in [3.05, 3.63) is 111 Å². The molecule has 1 atom stereocenters. The zero-order valence-electron chi connectivity index (χ0n) is 14.2. The van der Waals surface area contributed by atoms with E-state index < -0.39 is 11.0 Å². The molecule has 0 amide bonds. The number of para-hydroxylation sites is 1. The summed E-state index contributed by atoms with van der Waals surface area (Å²) in [5.74, 6) is 0.393. The normalized spacial score (nSPS) is 17.3. The van der Waals surface area contributed by atoms with Crippen LogP contribution in [0.5, 0.6) is 5.75 Å². The Morgan fingerprint density at radius 3 is 2.44 bits per heavy atom. The number of fused-ring (bicyclic) bond motifs is 1. The first kappa shape index (κ1) is 16.7. The zero-order valence-corrected chi connectivity index (χ0v) is 14.2. The predicted molar refractivity (Wildman–Crippen MR) is 102 cm³/mol. The van der Waals surface area contributed by atoms with Crippen molar-refractivity contribution >= 4 is 17.5 Å². The number of ether oxygens (including phenoxy) is 1. The minimum atomic E-state index is -0.576. The number of carbonyl (C=O) groups is 1. The molecule has 1 unspecified atom stereocenters. The molecular formula is C22H15NO4. The highest BCUT2D eigenvalue weighted by Gasteiger charge is 2.32. The smallest absolute Gasteiger partial charge is 0.270 e. The standard InChI is InChI=1S/C22H15NO4/c24-21-18-11-4-5-12-20(18)27-22(16-8-2-1-3-9-16)19(21)14-15-7-6-10-17(13-15)23(25)26/h1-14,22H. The molecule has 0 fully saturated rings. The molecule has 5 nitrogen and oxygen atoms in total. The Balaban J connectivity index is 1.85. The number of benzene rings is 3. The van der Waals surface area contributed by atoms with Gasteiger partial charge < -0.3 is 4.74 Å². The van der Waals surface area contributed by atoms with E-state index in [-0.39, 0.29) is 11.5 Å². The molecule has 3 aromatic rings. The molecule has 0 aliphatic carbocycles. The Labute approximate surface area is 155 Å². The summed E-state index contributed by atoms with van der Waals surface area (Å²) >= 11 is 0. The average Bonchev–Trinajstić information content (AvgIpc) is 2.71. The molecule has 4 rings (SSSR count). The van der Waals surface area contributed by atoms with Gasteiger partial charge in [0.15, 0.2) is 11.9 Å². The molecule has 1 heterocycles. The Hall–Kier alpha value is -3.73. The fraction of sp³-hybridized carbons (Fsp3) is 0.0455. The number of hydrogen-bond acceptors (Lipinski definition) is 4. The van der Waals surface area contributed by atoms with Gasteiger partial charge in [0.25, 0.3) is 5.69 Å². The Kier molecular flexibility index (Phi) is 4.26. The van der Waals surface area contributed by atoms with Gasteiger partial charge in [-0.15, -0.1) is 0 Å². The maximum atomic E-state index is 13.1. The summed E-state index contributed by atoms with van der Waals surface area (Å²) in [6, 6.07) is 22.8. The molecule has 27 heavy (non-hydrogen) atoms. The van der Waals surface area contributed by atoms with Crippen LogP contribution in [0.15, 0.2) is 84.4 Å². The van der Waals surface area contributed by atoms with E-state index in [2.05, 4.69) is 0 Å². The SMILES string of the molecule is O=C1C(=Cc2cccc([N+](=O)[O-])c2)C(c2ccccc2)Oc2ccccc21. The van der Waals surface area contributed by atoms with E-state index in [0.717, 1.165) is 5.56 Å². The van der Waals surface area contributed by atoms with Crippen molar-refractivity contribution in [2.24, 2.45) is 0 Å². The van der Waals surface area contributed by atoms with Gasteiger partial charge in [-0.05, 0) is 29.3 Å². The van der Waals surface area contributed by atoms with Crippen LogP contribution in [-0.4, -0.2) is 10.7 Å². The zero-order chi connectivity index (χ0) is 18.8. The fourth-order valence-corrected chi connectivity index (χ4v) is 3.15. The highest BCUT2D eigenvalue weighted by atomic mass is 16.6. The summed E-state index contributed by atoms with van der Waals surface area (Å²) in [6.45, 7) is 0. The van der Waals surface area contributed by atoms with Crippen molar-refractivity contribution in [1.29, 1.82) is 0 Å². The molecule has 1 aliphatic heterocycles. The summed E-state index contributed by atoms with van der Waals surface area (Å²) in [5, 5.41) is 11.1. The number of carbonyl (C=O) groups excluding carboxylic acids is 1. The summed E-state index contributed by atoms with van der Waals surface area (Å²) < 4.78 is 6.13. The first-order valence-electron chi connectivity index (χ1n) is 8.45. The lowest BCUT2D eigenvalue weighted by Gasteiger charge is -2.28. The van der Waals surface area contributed by atoms with Crippen LogP contribution in [0.1, 0.15) is 27.6 Å². The first-order chi connectivity index (χ1) is 13.1. The van der Waals surface area contributed by atoms with Crippen molar-refractivity contribution in [1.82, 2.24) is 0 Å².